The zero-order valence-corrected chi connectivity index (χ0v) is 23.8. The van der Waals surface area contributed by atoms with Crippen LogP contribution in [0.15, 0.2) is 18.2 Å². The lowest BCUT2D eigenvalue weighted by Crippen LogP contribution is -2.40. The average molecular weight is 517 g/mol. The summed E-state index contributed by atoms with van der Waals surface area (Å²) in [6.45, 7) is 15.1. The zero-order valence-electron chi connectivity index (χ0n) is 23.8. The van der Waals surface area contributed by atoms with Crippen molar-refractivity contribution in [2.24, 2.45) is 17.8 Å². The van der Waals surface area contributed by atoms with Crippen molar-refractivity contribution >= 4 is 17.5 Å². The lowest BCUT2D eigenvalue weighted by atomic mass is 9.93. The van der Waals surface area contributed by atoms with E-state index in [4.69, 9.17) is 0 Å². The summed E-state index contributed by atoms with van der Waals surface area (Å²) in [6.07, 6.45) is 4.84. The largest absolute Gasteiger partial charge is 0.338 e. The van der Waals surface area contributed by atoms with Crippen LogP contribution in [0, 0.1) is 23.6 Å². The molecule has 0 aliphatic carbocycles. The number of anilines is 1. The molecule has 0 bridgehead atoms. The van der Waals surface area contributed by atoms with Gasteiger partial charge in [-0.05, 0) is 100 Å². The molecule has 6 nitrogen and oxygen atoms in total. The third-order valence-electron chi connectivity index (χ3n) is 7.61. The van der Waals surface area contributed by atoms with Crippen LogP contribution in [-0.4, -0.2) is 79.4 Å². The second kappa shape index (κ2) is 14.2. The molecule has 208 valence electrons. The van der Waals surface area contributed by atoms with Gasteiger partial charge in [-0.15, -0.1) is 0 Å². The summed E-state index contributed by atoms with van der Waals surface area (Å²) >= 11 is 0. The highest BCUT2D eigenvalue weighted by Crippen LogP contribution is 2.27. The van der Waals surface area contributed by atoms with Gasteiger partial charge in [-0.3, -0.25) is 9.59 Å². The van der Waals surface area contributed by atoms with Crippen molar-refractivity contribution in [1.29, 1.82) is 0 Å². The standard InChI is InChI=1S/C30H49FN4O2/c1-23(2)18-30(37)35-15-7-13-33(21-24(3)4)12-6-14-34(22-26-20-27(31)8-9-28(26)35)29(36)19-25-10-16-32(5)17-11-25/h8-9,20,23-25H,6-7,10-19,21-22H2,1-5H3. The number of carbonyl (C=O) groups excluding carboxylic acids is 2. The van der Waals surface area contributed by atoms with Gasteiger partial charge in [0.15, 0.2) is 0 Å². The van der Waals surface area contributed by atoms with E-state index in [-0.39, 0.29) is 23.5 Å². The number of hydrogen-bond acceptors (Lipinski definition) is 4. The Kier molecular flexibility index (Phi) is 11.4. The first kappa shape index (κ1) is 29.6. The van der Waals surface area contributed by atoms with Crippen molar-refractivity contribution in [1.82, 2.24) is 14.7 Å². The van der Waals surface area contributed by atoms with Crippen LogP contribution in [0.1, 0.15) is 71.8 Å². The average Bonchev–Trinajstić information content (AvgIpc) is 2.81. The SMILES string of the molecule is CC(C)CC(=O)N1CCCN(CC(C)C)CCCN(C(=O)CC2CCN(C)CC2)Cc2cc(F)ccc21. The molecule has 0 spiro atoms. The van der Waals surface area contributed by atoms with Crippen LogP contribution in [0.4, 0.5) is 10.1 Å². The number of rotatable bonds is 6. The number of fused-ring (bicyclic) bond motifs is 1. The molecule has 0 unspecified atom stereocenters. The van der Waals surface area contributed by atoms with Crippen LogP contribution in [0.3, 0.4) is 0 Å². The minimum Gasteiger partial charge on any atom is -0.338 e. The molecular formula is C30H49FN4O2. The third-order valence-corrected chi connectivity index (χ3v) is 7.61. The summed E-state index contributed by atoms with van der Waals surface area (Å²) in [5.74, 6) is 1.09. The highest BCUT2D eigenvalue weighted by Gasteiger charge is 2.26. The van der Waals surface area contributed by atoms with Crippen LogP contribution in [0.5, 0.6) is 0 Å². The maximum atomic E-state index is 14.5. The Hall–Kier alpha value is -1.99. The molecule has 2 aliphatic rings. The molecule has 1 aromatic carbocycles. The van der Waals surface area contributed by atoms with E-state index in [1.165, 1.54) is 12.1 Å². The fourth-order valence-electron chi connectivity index (χ4n) is 5.67. The Balaban J connectivity index is 1.89. The van der Waals surface area contributed by atoms with Crippen LogP contribution in [-0.2, 0) is 16.1 Å². The van der Waals surface area contributed by atoms with Crippen LogP contribution in [0.2, 0.25) is 0 Å². The van der Waals surface area contributed by atoms with Gasteiger partial charge >= 0.3 is 0 Å². The van der Waals surface area contributed by atoms with E-state index in [1.54, 1.807) is 6.07 Å². The molecule has 0 atom stereocenters. The van der Waals surface area contributed by atoms with Crippen molar-refractivity contribution in [3.05, 3.63) is 29.6 Å². The summed E-state index contributed by atoms with van der Waals surface area (Å²) in [5.41, 5.74) is 1.48. The predicted molar refractivity (Wildman–Crippen MR) is 149 cm³/mol. The maximum absolute atomic E-state index is 14.5. The monoisotopic (exact) mass is 516 g/mol. The van der Waals surface area contributed by atoms with Gasteiger partial charge in [0.1, 0.15) is 5.82 Å². The van der Waals surface area contributed by atoms with E-state index in [1.807, 2.05) is 23.6 Å². The topological polar surface area (TPSA) is 47.1 Å². The van der Waals surface area contributed by atoms with Gasteiger partial charge in [0.25, 0.3) is 0 Å². The second-order valence-corrected chi connectivity index (χ2v) is 12.1. The Morgan fingerprint density at radius 2 is 1.59 bits per heavy atom. The highest BCUT2D eigenvalue weighted by atomic mass is 19.1. The fraction of sp³-hybridized carbons (Fsp3) is 0.733. The molecule has 2 aliphatic heterocycles. The molecule has 0 N–H and O–H groups in total. The Morgan fingerprint density at radius 1 is 0.919 bits per heavy atom. The molecule has 0 aromatic heterocycles. The summed E-state index contributed by atoms with van der Waals surface area (Å²) in [5, 5.41) is 0. The maximum Gasteiger partial charge on any atom is 0.227 e. The number of carbonyl (C=O) groups is 2. The third kappa shape index (κ3) is 9.36. The van der Waals surface area contributed by atoms with Crippen molar-refractivity contribution in [2.45, 2.75) is 72.8 Å². The van der Waals surface area contributed by atoms with Gasteiger partial charge in [0, 0.05) is 44.7 Å². The Labute approximate surface area is 224 Å². The molecule has 1 fully saturated rings. The number of likely N-dealkylation sites (tertiary alicyclic amines) is 1. The number of benzene rings is 1. The molecule has 2 heterocycles. The zero-order chi connectivity index (χ0) is 26.9. The van der Waals surface area contributed by atoms with E-state index >= 15 is 0 Å². The molecule has 1 aromatic rings. The van der Waals surface area contributed by atoms with Gasteiger partial charge in [0.2, 0.25) is 11.8 Å². The molecule has 2 amide bonds. The van der Waals surface area contributed by atoms with Gasteiger partial charge in [-0.1, -0.05) is 27.7 Å². The molecule has 37 heavy (non-hydrogen) atoms. The van der Waals surface area contributed by atoms with E-state index in [2.05, 4.69) is 30.7 Å². The highest BCUT2D eigenvalue weighted by molar-refractivity contribution is 5.94. The normalized spacial score (nSPS) is 19.6. The van der Waals surface area contributed by atoms with Crippen molar-refractivity contribution < 1.29 is 14.0 Å². The van der Waals surface area contributed by atoms with Crippen molar-refractivity contribution in [3.63, 3.8) is 0 Å². The first-order valence-corrected chi connectivity index (χ1v) is 14.4. The second-order valence-electron chi connectivity index (χ2n) is 12.1. The minimum absolute atomic E-state index is 0.0690. The summed E-state index contributed by atoms with van der Waals surface area (Å²) < 4.78 is 14.5. The van der Waals surface area contributed by atoms with Crippen molar-refractivity contribution in [3.8, 4) is 0 Å². The summed E-state index contributed by atoms with van der Waals surface area (Å²) in [4.78, 5) is 35.6. The summed E-state index contributed by atoms with van der Waals surface area (Å²) in [6, 6.07) is 4.70. The van der Waals surface area contributed by atoms with Gasteiger partial charge in [-0.25, -0.2) is 4.39 Å². The molecular weight excluding hydrogens is 467 g/mol. The van der Waals surface area contributed by atoms with Crippen LogP contribution in [0.25, 0.3) is 0 Å². The molecule has 1 saturated heterocycles. The Morgan fingerprint density at radius 3 is 2.24 bits per heavy atom. The molecule has 0 saturated carbocycles. The van der Waals surface area contributed by atoms with E-state index in [0.29, 0.717) is 44.3 Å². The molecule has 3 rings (SSSR count). The smallest absolute Gasteiger partial charge is 0.227 e. The lowest BCUT2D eigenvalue weighted by molar-refractivity contribution is -0.133. The molecule has 0 radical (unpaired) electrons. The first-order chi connectivity index (χ1) is 17.6. The van der Waals surface area contributed by atoms with Crippen LogP contribution >= 0.6 is 0 Å². The van der Waals surface area contributed by atoms with E-state index < -0.39 is 0 Å². The lowest BCUT2D eigenvalue weighted by Gasteiger charge is -2.34. The Bertz CT molecular complexity index is 882. The van der Waals surface area contributed by atoms with E-state index in [0.717, 1.165) is 69.7 Å². The number of hydrogen-bond donors (Lipinski definition) is 0. The van der Waals surface area contributed by atoms with Crippen LogP contribution < -0.4 is 4.90 Å². The predicted octanol–water partition coefficient (Wildman–Crippen LogP) is 5.02. The van der Waals surface area contributed by atoms with E-state index in [9.17, 15) is 14.0 Å². The first-order valence-electron chi connectivity index (χ1n) is 14.4. The number of nitrogens with zero attached hydrogens (tertiary/aromatic N) is 4. The van der Waals surface area contributed by atoms with Gasteiger partial charge < -0.3 is 19.6 Å². The molecule has 7 heteroatoms. The van der Waals surface area contributed by atoms with Crippen molar-refractivity contribution in [2.75, 3.05) is 57.8 Å². The number of amides is 2. The number of piperidine rings is 1. The van der Waals surface area contributed by atoms with Gasteiger partial charge in [0.05, 0.1) is 0 Å². The fourth-order valence-corrected chi connectivity index (χ4v) is 5.67. The quantitative estimate of drug-likeness (QED) is 0.533. The number of halogens is 1. The minimum atomic E-state index is -0.326. The summed E-state index contributed by atoms with van der Waals surface area (Å²) in [7, 11) is 2.13. The van der Waals surface area contributed by atoms with Gasteiger partial charge in [-0.2, -0.15) is 0 Å².